The second-order valence-corrected chi connectivity index (χ2v) is 6.44. The number of carbonyl (C=O) groups is 2. The maximum atomic E-state index is 12.7. The summed E-state index contributed by atoms with van der Waals surface area (Å²) in [6.07, 6.45) is 2.64. The molecular weight excluding hydrogens is 294 g/mol. The number of carbonyl (C=O) groups excluding carboxylic acids is 2. The van der Waals surface area contributed by atoms with Crippen LogP contribution in [0.5, 0.6) is 0 Å². The number of ether oxygens (including phenoxy) is 1. The molecule has 2 amide bonds. The summed E-state index contributed by atoms with van der Waals surface area (Å²) in [6.45, 7) is 5.80. The topological polar surface area (TPSA) is 73.6 Å². The van der Waals surface area contributed by atoms with Gasteiger partial charge in [0.2, 0.25) is 0 Å². The smallest absolute Gasteiger partial charge is 0.410 e. The average molecular weight is 315 g/mol. The van der Waals surface area contributed by atoms with E-state index in [1.807, 2.05) is 12.3 Å². The number of nitrogens with zero attached hydrogens (tertiary/aromatic N) is 3. The third-order valence-corrected chi connectivity index (χ3v) is 3.50. The number of nitriles is 1. The van der Waals surface area contributed by atoms with Gasteiger partial charge in [-0.25, -0.2) is 9.69 Å². The standard InChI is InChI=1S/C17H21N3O3/c1-17(2,3)23-16(22)19-11-7-10-14(19)15(21)20(12-18)13-8-5-4-6-9-13/h4-6,8-9,14H,7,10-11H2,1-3H3. The van der Waals surface area contributed by atoms with Gasteiger partial charge in [0.05, 0.1) is 5.69 Å². The van der Waals surface area contributed by atoms with Crippen molar-refractivity contribution in [2.75, 3.05) is 11.4 Å². The molecule has 1 aliphatic heterocycles. The molecule has 0 bridgehead atoms. The lowest BCUT2D eigenvalue weighted by Crippen LogP contribution is -2.48. The quantitative estimate of drug-likeness (QED) is 0.621. The molecule has 0 radical (unpaired) electrons. The van der Waals surface area contributed by atoms with E-state index in [1.165, 1.54) is 4.90 Å². The van der Waals surface area contributed by atoms with Gasteiger partial charge in [-0.1, -0.05) is 18.2 Å². The van der Waals surface area contributed by atoms with Crippen molar-refractivity contribution in [2.45, 2.75) is 45.3 Å². The number of rotatable bonds is 2. The molecule has 0 aromatic heterocycles. The van der Waals surface area contributed by atoms with E-state index in [1.54, 1.807) is 45.0 Å². The Bertz CT molecular complexity index is 616. The van der Waals surface area contributed by atoms with Crippen molar-refractivity contribution in [1.82, 2.24) is 4.90 Å². The molecule has 1 heterocycles. The summed E-state index contributed by atoms with van der Waals surface area (Å²) in [7, 11) is 0. The minimum Gasteiger partial charge on any atom is -0.444 e. The number of anilines is 1. The summed E-state index contributed by atoms with van der Waals surface area (Å²) in [6, 6.07) is 8.04. The van der Waals surface area contributed by atoms with Gasteiger partial charge in [0.1, 0.15) is 11.6 Å². The summed E-state index contributed by atoms with van der Waals surface area (Å²) in [5, 5.41) is 9.34. The van der Waals surface area contributed by atoms with E-state index in [4.69, 9.17) is 4.74 Å². The molecule has 1 unspecified atom stereocenters. The first-order valence-electron chi connectivity index (χ1n) is 7.62. The fraction of sp³-hybridized carbons (Fsp3) is 0.471. The predicted octanol–water partition coefficient (Wildman–Crippen LogP) is 2.90. The molecule has 1 atom stereocenters. The van der Waals surface area contributed by atoms with Crippen LogP contribution in [0.2, 0.25) is 0 Å². The van der Waals surface area contributed by atoms with Gasteiger partial charge in [0.15, 0.2) is 6.19 Å². The zero-order valence-corrected chi connectivity index (χ0v) is 13.7. The van der Waals surface area contributed by atoms with Gasteiger partial charge < -0.3 is 4.74 Å². The van der Waals surface area contributed by atoms with Crippen molar-refractivity contribution in [2.24, 2.45) is 0 Å². The second kappa shape index (κ2) is 6.69. The fourth-order valence-electron chi connectivity index (χ4n) is 2.52. The third kappa shape index (κ3) is 4.01. The molecular formula is C17H21N3O3. The second-order valence-electron chi connectivity index (χ2n) is 6.44. The van der Waals surface area contributed by atoms with Gasteiger partial charge in [-0.15, -0.1) is 0 Å². The van der Waals surface area contributed by atoms with E-state index in [-0.39, 0.29) is 0 Å². The zero-order chi connectivity index (χ0) is 17.0. The van der Waals surface area contributed by atoms with Crippen LogP contribution in [-0.2, 0) is 9.53 Å². The van der Waals surface area contributed by atoms with Crippen LogP contribution >= 0.6 is 0 Å². The fourth-order valence-corrected chi connectivity index (χ4v) is 2.52. The number of hydrogen-bond donors (Lipinski definition) is 0. The van der Waals surface area contributed by atoms with E-state index in [2.05, 4.69) is 0 Å². The minimum atomic E-state index is -0.662. The molecule has 1 fully saturated rings. The van der Waals surface area contributed by atoms with Gasteiger partial charge in [0.25, 0.3) is 5.91 Å². The van der Waals surface area contributed by atoms with Crippen LogP contribution in [0.1, 0.15) is 33.6 Å². The summed E-state index contributed by atoms with van der Waals surface area (Å²) < 4.78 is 5.35. The molecule has 122 valence electrons. The number of amides is 2. The van der Waals surface area contributed by atoms with Crippen LogP contribution < -0.4 is 4.90 Å². The van der Waals surface area contributed by atoms with Gasteiger partial charge in [-0.3, -0.25) is 9.69 Å². The van der Waals surface area contributed by atoms with Crippen molar-refractivity contribution < 1.29 is 14.3 Å². The van der Waals surface area contributed by atoms with Crippen molar-refractivity contribution in [3.05, 3.63) is 30.3 Å². The number of benzene rings is 1. The van der Waals surface area contributed by atoms with Crippen LogP contribution in [0.15, 0.2) is 30.3 Å². The Morgan fingerprint density at radius 1 is 1.30 bits per heavy atom. The molecule has 0 N–H and O–H groups in total. The Morgan fingerprint density at radius 3 is 2.52 bits per heavy atom. The molecule has 1 aromatic carbocycles. The lowest BCUT2D eigenvalue weighted by molar-refractivity contribution is -0.122. The Labute approximate surface area is 136 Å². The number of likely N-dealkylation sites (tertiary alicyclic amines) is 1. The monoisotopic (exact) mass is 315 g/mol. The molecule has 0 spiro atoms. The van der Waals surface area contributed by atoms with Gasteiger partial charge in [-0.05, 0) is 45.7 Å². The maximum absolute atomic E-state index is 12.7. The maximum Gasteiger partial charge on any atom is 0.410 e. The first-order chi connectivity index (χ1) is 10.8. The van der Waals surface area contributed by atoms with E-state index in [9.17, 15) is 14.9 Å². The van der Waals surface area contributed by atoms with Crippen molar-refractivity contribution in [3.63, 3.8) is 0 Å². The lowest BCUT2D eigenvalue weighted by Gasteiger charge is -2.29. The van der Waals surface area contributed by atoms with Crippen LogP contribution in [0, 0.1) is 11.5 Å². The SMILES string of the molecule is CC(C)(C)OC(=O)N1CCCC1C(=O)N(C#N)c1ccccc1. The highest BCUT2D eigenvalue weighted by molar-refractivity contribution is 6.01. The largest absolute Gasteiger partial charge is 0.444 e. The molecule has 0 saturated carbocycles. The molecule has 2 rings (SSSR count). The molecule has 0 aliphatic carbocycles. The molecule has 6 nitrogen and oxygen atoms in total. The Kier molecular flexibility index (Phi) is 4.89. The normalized spacial score (nSPS) is 17.5. The van der Waals surface area contributed by atoms with E-state index in [0.29, 0.717) is 25.1 Å². The highest BCUT2D eigenvalue weighted by Gasteiger charge is 2.39. The van der Waals surface area contributed by atoms with Gasteiger partial charge in [-0.2, -0.15) is 5.26 Å². The zero-order valence-electron chi connectivity index (χ0n) is 13.7. The number of hydrogen-bond acceptors (Lipinski definition) is 4. The number of para-hydroxylation sites is 1. The average Bonchev–Trinajstić information content (AvgIpc) is 2.97. The van der Waals surface area contributed by atoms with Crippen molar-refractivity contribution in [1.29, 1.82) is 5.26 Å². The molecule has 1 aliphatic rings. The summed E-state index contributed by atoms with van der Waals surface area (Å²) >= 11 is 0. The van der Waals surface area contributed by atoms with Crippen molar-refractivity contribution in [3.8, 4) is 6.19 Å². The van der Waals surface area contributed by atoms with E-state index >= 15 is 0 Å². The van der Waals surface area contributed by atoms with E-state index < -0.39 is 23.6 Å². The van der Waals surface area contributed by atoms with Crippen LogP contribution in [0.4, 0.5) is 10.5 Å². The van der Waals surface area contributed by atoms with E-state index in [0.717, 1.165) is 4.90 Å². The van der Waals surface area contributed by atoms with Gasteiger partial charge >= 0.3 is 6.09 Å². The predicted molar refractivity (Wildman–Crippen MR) is 85.5 cm³/mol. The van der Waals surface area contributed by atoms with Crippen LogP contribution in [0.3, 0.4) is 0 Å². The summed E-state index contributed by atoms with van der Waals surface area (Å²) in [4.78, 5) is 27.4. The first kappa shape index (κ1) is 16.8. The molecule has 6 heteroatoms. The third-order valence-electron chi connectivity index (χ3n) is 3.50. The summed E-state index contributed by atoms with van der Waals surface area (Å²) in [5.74, 6) is -0.401. The Morgan fingerprint density at radius 2 is 1.96 bits per heavy atom. The highest BCUT2D eigenvalue weighted by Crippen LogP contribution is 2.24. The molecule has 1 saturated heterocycles. The van der Waals surface area contributed by atoms with Gasteiger partial charge in [0, 0.05) is 6.54 Å². The van der Waals surface area contributed by atoms with Crippen molar-refractivity contribution >= 4 is 17.7 Å². The van der Waals surface area contributed by atoms with Crippen LogP contribution in [-0.4, -0.2) is 35.1 Å². The summed E-state index contributed by atoms with van der Waals surface area (Å²) in [5.41, 5.74) is -0.127. The highest BCUT2D eigenvalue weighted by atomic mass is 16.6. The Hall–Kier alpha value is -2.55. The first-order valence-corrected chi connectivity index (χ1v) is 7.62. The van der Waals surface area contributed by atoms with Crippen LogP contribution in [0.25, 0.3) is 0 Å². The molecule has 1 aromatic rings. The lowest BCUT2D eigenvalue weighted by atomic mass is 10.2. The molecule has 23 heavy (non-hydrogen) atoms. The Balaban J connectivity index is 2.17. The minimum absolute atomic E-state index is 0.401.